The van der Waals surface area contributed by atoms with Crippen LogP contribution in [0.4, 0.5) is 4.39 Å². The van der Waals surface area contributed by atoms with Crippen LogP contribution in [0.1, 0.15) is 11.3 Å². The second-order valence-corrected chi connectivity index (χ2v) is 3.29. The fraction of sp³-hybridized carbons (Fsp3) is 0.182. The van der Waals surface area contributed by atoms with Gasteiger partial charge in [0.25, 0.3) is 0 Å². The molecule has 0 bridgehead atoms. The molecule has 0 aliphatic carbocycles. The van der Waals surface area contributed by atoms with Crippen molar-refractivity contribution in [2.24, 2.45) is 0 Å². The summed E-state index contributed by atoms with van der Waals surface area (Å²) in [4.78, 5) is 4.06. The Balaban J connectivity index is 2.86. The minimum absolute atomic E-state index is 0.192. The Hall–Kier alpha value is -1.44. The van der Waals surface area contributed by atoms with Crippen LogP contribution in [0.3, 0.4) is 0 Å². The minimum atomic E-state index is -0.192. The van der Waals surface area contributed by atoms with E-state index in [1.54, 1.807) is 6.20 Å². The number of benzene rings is 1. The normalized spacial score (nSPS) is 10.7. The maximum Gasteiger partial charge on any atom is 0.132 e. The standard InChI is InChI=1S/C11H10FN/c1-7-3-9-5-8(2)13-6-10(9)11(12)4-7/h3-6H,1-2H3. The first-order chi connectivity index (χ1) is 6.16. The summed E-state index contributed by atoms with van der Waals surface area (Å²) >= 11 is 0. The highest BCUT2D eigenvalue weighted by molar-refractivity contribution is 5.83. The van der Waals surface area contributed by atoms with Gasteiger partial charge in [-0.3, -0.25) is 4.98 Å². The monoisotopic (exact) mass is 175 g/mol. The van der Waals surface area contributed by atoms with Crippen molar-refractivity contribution in [3.8, 4) is 0 Å². The average molecular weight is 175 g/mol. The van der Waals surface area contributed by atoms with Crippen molar-refractivity contribution in [2.45, 2.75) is 13.8 Å². The highest BCUT2D eigenvalue weighted by Gasteiger charge is 2.01. The van der Waals surface area contributed by atoms with E-state index in [9.17, 15) is 4.39 Å². The van der Waals surface area contributed by atoms with Crippen molar-refractivity contribution < 1.29 is 4.39 Å². The second-order valence-electron chi connectivity index (χ2n) is 3.29. The number of aromatic nitrogens is 1. The Morgan fingerprint density at radius 2 is 1.92 bits per heavy atom. The second kappa shape index (κ2) is 2.80. The third kappa shape index (κ3) is 1.39. The van der Waals surface area contributed by atoms with Gasteiger partial charge in [0, 0.05) is 17.3 Å². The van der Waals surface area contributed by atoms with Gasteiger partial charge in [-0.2, -0.15) is 0 Å². The molecule has 1 aromatic heterocycles. The van der Waals surface area contributed by atoms with Crippen molar-refractivity contribution >= 4 is 10.8 Å². The summed E-state index contributed by atoms with van der Waals surface area (Å²) in [5, 5.41) is 1.52. The molecule has 0 unspecified atom stereocenters. The predicted molar refractivity (Wildman–Crippen MR) is 51.2 cm³/mol. The predicted octanol–water partition coefficient (Wildman–Crippen LogP) is 2.99. The van der Waals surface area contributed by atoms with Crippen LogP contribution in [0.25, 0.3) is 10.8 Å². The van der Waals surface area contributed by atoms with Gasteiger partial charge in [-0.25, -0.2) is 4.39 Å². The van der Waals surface area contributed by atoms with Crippen molar-refractivity contribution in [2.75, 3.05) is 0 Å². The van der Waals surface area contributed by atoms with Gasteiger partial charge < -0.3 is 0 Å². The molecule has 0 N–H and O–H groups in total. The Morgan fingerprint density at radius 1 is 1.15 bits per heavy atom. The third-order valence-electron chi connectivity index (χ3n) is 2.07. The summed E-state index contributed by atoms with van der Waals surface area (Å²) in [7, 11) is 0. The molecule has 0 fully saturated rings. The van der Waals surface area contributed by atoms with Gasteiger partial charge in [0.1, 0.15) is 5.82 Å². The van der Waals surface area contributed by atoms with Gasteiger partial charge in [-0.1, -0.05) is 6.07 Å². The van der Waals surface area contributed by atoms with Crippen LogP contribution < -0.4 is 0 Å². The lowest BCUT2D eigenvalue weighted by Crippen LogP contribution is -1.86. The van der Waals surface area contributed by atoms with Crippen LogP contribution in [0, 0.1) is 19.7 Å². The number of pyridine rings is 1. The van der Waals surface area contributed by atoms with Gasteiger partial charge in [0.05, 0.1) is 0 Å². The SMILES string of the molecule is Cc1cc(F)c2cnc(C)cc2c1. The number of fused-ring (bicyclic) bond motifs is 1. The fourth-order valence-electron chi connectivity index (χ4n) is 1.46. The molecule has 2 heteroatoms. The summed E-state index contributed by atoms with van der Waals surface area (Å²) in [5.74, 6) is -0.192. The fourth-order valence-corrected chi connectivity index (χ4v) is 1.46. The molecule has 0 radical (unpaired) electrons. The van der Waals surface area contributed by atoms with Crippen LogP contribution in [-0.4, -0.2) is 4.98 Å². The first-order valence-electron chi connectivity index (χ1n) is 4.19. The van der Waals surface area contributed by atoms with Crippen LogP contribution in [0.5, 0.6) is 0 Å². The van der Waals surface area contributed by atoms with Crippen molar-refractivity contribution in [1.29, 1.82) is 0 Å². The summed E-state index contributed by atoms with van der Waals surface area (Å²) in [6.45, 7) is 3.79. The van der Waals surface area contributed by atoms with E-state index in [2.05, 4.69) is 4.98 Å². The summed E-state index contributed by atoms with van der Waals surface area (Å²) in [5.41, 5.74) is 1.85. The highest BCUT2D eigenvalue weighted by Crippen LogP contribution is 2.19. The van der Waals surface area contributed by atoms with E-state index in [0.29, 0.717) is 5.39 Å². The van der Waals surface area contributed by atoms with Gasteiger partial charge in [-0.15, -0.1) is 0 Å². The lowest BCUT2D eigenvalue weighted by Gasteiger charge is -2.01. The summed E-state index contributed by atoms with van der Waals surface area (Å²) in [6.07, 6.45) is 1.58. The first kappa shape index (κ1) is 8.17. The third-order valence-corrected chi connectivity index (χ3v) is 2.07. The zero-order valence-electron chi connectivity index (χ0n) is 7.63. The Labute approximate surface area is 76.2 Å². The van der Waals surface area contributed by atoms with Gasteiger partial charge in [0.15, 0.2) is 0 Å². The zero-order chi connectivity index (χ0) is 9.42. The van der Waals surface area contributed by atoms with E-state index in [1.165, 1.54) is 6.07 Å². The zero-order valence-corrected chi connectivity index (χ0v) is 7.63. The smallest absolute Gasteiger partial charge is 0.132 e. The number of nitrogens with zero attached hydrogens (tertiary/aromatic N) is 1. The van der Waals surface area contributed by atoms with Gasteiger partial charge in [-0.05, 0) is 36.9 Å². The maximum atomic E-state index is 13.3. The van der Waals surface area contributed by atoms with Gasteiger partial charge in [0.2, 0.25) is 0 Å². The quantitative estimate of drug-likeness (QED) is 0.599. The van der Waals surface area contributed by atoms with Crippen LogP contribution >= 0.6 is 0 Å². The molecule has 13 heavy (non-hydrogen) atoms. The molecule has 0 aliphatic rings. The molecule has 0 saturated heterocycles. The van der Waals surface area contributed by atoms with Crippen molar-refractivity contribution in [3.63, 3.8) is 0 Å². The Kier molecular flexibility index (Phi) is 1.76. The minimum Gasteiger partial charge on any atom is -0.261 e. The number of hydrogen-bond acceptors (Lipinski definition) is 1. The lowest BCUT2D eigenvalue weighted by atomic mass is 10.1. The number of aryl methyl sites for hydroxylation is 2. The molecular weight excluding hydrogens is 165 g/mol. The molecule has 1 nitrogen and oxygen atoms in total. The summed E-state index contributed by atoms with van der Waals surface area (Å²) < 4.78 is 13.3. The molecule has 2 rings (SSSR count). The van der Waals surface area contributed by atoms with E-state index >= 15 is 0 Å². The van der Waals surface area contributed by atoms with E-state index in [-0.39, 0.29) is 5.82 Å². The molecule has 0 spiro atoms. The molecule has 66 valence electrons. The number of rotatable bonds is 0. The molecule has 0 atom stereocenters. The molecule has 2 aromatic rings. The first-order valence-corrected chi connectivity index (χ1v) is 4.19. The molecule has 0 amide bonds. The van der Waals surface area contributed by atoms with E-state index in [0.717, 1.165) is 16.6 Å². The van der Waals surface area contributed by atoms with E-state index in [1.807, 2.05) is 26.0 Å². The lowest BCUT2D eigenvalue weighted by molar-refractivity contribution is 0.638. The Bertz CT molecular complexity index is 458. The number of hydrogen-bond donors (Lipinski definition) is 0. The largest absolute Gasteiger partial charge is 0.261 e. The van der Waals surface area contributed by atoms with E-state index in [4.69, 9.17) is 0 Å². The Morgan fingerprint density at radius 3 is 2.69 bits per heavy atom. The van der Waals surface area contributed by atoms with Crippen molar-refractivity contribution in [3.05, 3.63) is 41.5 Å². The van der Waals surface area contributed by atoms with E-state index < -0.39 is 0 Å². The van der Waals surface area contributed by atoms with Crippen LogP contribution in [0.2, 0.25) is 0 Å². The molecule has 1 aromatic carbocycles. The summed E-state index contributed by atoms with van der Waals surface area (Å²) in [6, 6.07) is 5.39. The average Bonchev–Trinajstić information content (AvgIpc) is 2.02. The number of halogens is 1. The molecular formula is C11H10FN. The van der Waals surface area contributed by atoms with Crippen LogP contribution in [-0.2, 0) is 0 Å². The topological polar surface area (TPSA) is 12.9 Å². The molecule has 0 saturated carbocycles. The van der Waals surface area contributed by atoms with Crippen molar-refractivity contribution in [1.82, 2.24) is 4.98 Å². The maximum absolute atomic E-state index is 13.3. The molecule has 0 aliphatic heterocycles. The highest BCUT2D eigenvalue weighted by atomic mass is 19.1. The van der Waals surface area contributed by atoms with Gasteiger partial charge >= 0.3 is 0 Å². The van der Waals surface area contributed by atoms with Crippen LogP contribution in [0.15, 0.2) is 24.4 Å². The molecule has 1 heterocycles.